The number of nitrogens with one attached hydrogen (secondary N) is 1. The van der Waals surface area contributed by atoms with Gasteiger partial charge in [0.15, 0.2) is 11.5 Å². The third-order valence-electron chi connectivity index (χ3n) is 4.17. The minimum atomic E-state index is -0.218. The second kappa shape index (κ2) is 10.9. The number of methoxy groups -OCH3 is 1. The van der Waals surface area contributed by atoms with Crippen molar-refractivity contribution in [3.8, 4) is 17.2 Å². The number of hydrogen-bond acceptors (Lipinski definition) is 5. The first kappa shape index (κ1) is 22.0. The number of benzene rings is 2. The van der Waals surface area contributed by atoms with Gasteiger partial charge in [-0.15, -0.1) is 11.8 Å². The molecule has 0 spiro atoms. The largest absolute Gasteiger partial charge is 0.497 e. The summed E-state index contributed by atoms with van der Waals surface area (Å²) in [5.74, 6) is 2.20. The zero-order valence-electron chi connectivity index (χ0n) is 17.2. The lowest BCUT2D eigenvalue weighted by molar-refractivity contribution is -0.120. The van der Waals surface area contributed by atoms with Crippen LogP contribution in [-0.2, 0) is 4.79 Å². The molecule has 2 rings (SSSR count). The van der Waals surface area contributed by atoms with Crippen LogP contribution in [-0.4, -0.2) is 31.5 Å². The van der Waals surface area contributed by atoms with E-state index in [0.717, 1.165) is 22.0 Å². The molecule has 2 atom stereocenters. The molecule has 28 heavy (non-hydrogen) atoms. The Balaban J connectivity index is 2.00. The van der Waals surface area contributed by atoms with Gasteiger partial charge in [-0.2, -0.15) is 0 Å². The lowest BCUT2D eigenvalue weighted by atomic mass is 10.1. The van der Waals surface area contributed by atoms with E-state index in [1.807, 2.05) is 70.2 Å². The summed E-state index contributed by atoms with van der Waals surface area (Å²) in [6, 6.07) is 13.3. The fourth-order valence-corrected chi connectivity index (χ4v) is 3.54. The Morgan fingerprint density at radius 2 is 1.64 bits per heavy atom. The lowest BCUT2D eigenvalue weighted by Gasteiger charge is -2.19. The van der Waals surface area contributed by atoms with Crippen LogP contribution in [0.15, 0.2) is 47.4 Å². The maximum Gasteiger partial charge on any atom is 0.233 e. The van der Waals surface area contributed by atoms with Crippen molar-refractivity contribution in [3.05, 3.63) is 48.0 Å². The topological polar surface area (TPSA) is 56.8 Å². The van der Waals surface area contributed by atoms with Gasteiger partial charge in [0.05, 0.1) is 31.6 Å². The van der Waals surface area contributed by atoms with Crippen molar-refractivity contribution in [1.82, 2.24) is 5.32 Å². The van der Waals surface area contributed by atoms with Crippen LogP contribution >= 0.6 is 11.8 Å². The van der Waals surface area contributed by atoms with E-state index in [-0.39, 0.29) is 17.2 Å². The number of carbonyl (C=O) groups is 1. The van der Waals surface area contributed by atoms with Crippen molar-refractivity contribution >= 4 is 17.7 Å². The Hall–Kier alpha value is -2.34. The molecule has 0 fully saturated rings. The molecule has 152 valence electrons. The Labute approximate surface area is 171 Å². The van der Waals surface area contributed by atoms with Crippen LogP contribution in [0.5, 0.6) is 17.2 Å². The fourth-order valence-electron chi connectivity index (χ4n) is 2.66. The second-order valence-electron chi connectivity index (χ2n) is 6.24. The van der Waals surface area contributed by atoms with E-state index in [1.165, 1.54) is 11.8 Å². The molecule has 2 aromatic carbocycles. The van der Waals surface area contributed by atoms with Gasteiger partial charge in [-0.1, -0.05) is 6.07 Å². The number of thioether (sulfide) groups is 1. The van der Waals surface area contributed by atoms with Gasteiger partial charge in [0, 0.05) is 4.90 Å². The summed E-state index contributed by atoms with van der Waals surface area (Å²) in [5.41, 5.74) is 0.974. The summed E-state index contributed by atoms with van der Waals surface area (Å²) in [4.78, 5) is 13.6. The predicted molar refractivity (Wildman–Crippen MR) is 114 cm³/mol. The van der Waals surface area contributed by atoms with E-state index < -0.39 is 0 Å². The highest BCUT2D eigenvalue weighted by Gasteiger charge is 2.18. The molecule has 6 heteroatoms. The molecular formula is C22H29NO4S. The van der Waals surface area contributed by atoms with Crippen molar-refractivity contribution in [3.63, 3.8) is 0 Å². The van der Waals surface area contributed by atoms with Crippen LogP contribution < -0.4 is 19.5 Å². The molecule has 0 aliphatic rings. The number of hydrogen-bond donors (Lipinski definition) is 1. The first-order valence-corrected chi connectivity index (χ1v) is 10.4. The molecule has 0 aliphatic carbocycles. The van der Waals surface area contributed by atoms with Crippen LogP contribution in [0.1, 0.15) is 39.3 Å². The molecule has 0 bridgehead atoms. The van der Waals surface area contributed by atoms with Gasteiger partial charge in [0.1, 0.15) is 5.75 Å². The summed E-state index contributed by atoms with van der Waals surface area (Å²) in [6.45, 7) is 8.88. The summed E-state index contributed by atoms with van der Waals surface area (Å²) >= 11 is 1.52. The van der Waals surface area contributed by atoms with Crippen molar-refractivity contribution in [2.75, 3.05) is 20.3 Å². The number of carbonyl (C=O) groups excluding carboxylic acids is 1. The molecule has 0 saturated carbocycles. The van der Waals surface area contributed by atoms with E-state index in [1.54, 1.807) is 7.11 Å². The van der Waals surface area contributed by atoms with Crippen LogP contribution in [0.3, 0.4) is 0 Å². The molecule has 1 N–H and O–H groups in total. The molecule has 0 radical (unpaired) electrons. The summed E-state index contributed by atoms with van der Waals surface area (Å²) in [5, 5.41) is 2.86. The quantitative estimate of drug-likeness (QED) is 0.575. The molecular weight excluding hydrogens is 374 g/mol. The Morgan fingerprint density at radius 1 is 1.00 bits per heavy atom. The Morgan fingerprint density at radius 3 is 2.25 bits per heavy atom. The van der Waals surface area contributed by atoms with Gasteiger partial charge in [0.25, 0.3) is 0 Å². The van der Waals surface area contributed by atoms with Gasteiger partial charge in [0.2, 0.25) is 5.91 Å². The van der Waals surface area contributed by atoms with E-state index in [2.05, 4.69) is 5.32 Å². The highest BCUT2D eigenvalue weighted by molar-refractivity contribution is 8.00. The summed E-state index contributed by atoms with van der Waals surface area (Å²) < 4.78 is 16.4. The number of rotatable bonds is 10. The summed E-state index contributed by atoms with van der Waals surface area (Å²) in [7, 11) is 1.64. The van der Waals surface area contributed by atoms with E-state index in [4.69, 9.17) is 14.2 Å². The lowest BCUT2D eigenvalue weighted by Crippen LogP contribution is -2.33. The van der Waals surface area contributed by atoms with Crippen LogP contribution in [0, 0.1) is 0 Å². The minimum Gasteiger partial charge on any atom is -0.497 e. The van der Waals surface area contributed by atoms with Gasteiger partial charge in [-0.25, -0.2) is 0 Å². The first-order valence-electron chi connectivity index (χ1n) is 9.49. The predicted octanol–water partition coefficient (Wildman–Crippen LogP) is 4.85. The zero-order chi connectivity index (χ0) is 20.5. The summed E-state index contributed by atoms with van der Waals surface area (Å²) in [6.07, 6.45) is 0. The van der Waals surface area contributed by atoms with Gasteiger partial charge < -0.3 is 19.5 Å². The standard InChI is InChI=1S/C22H29NO4S/c1-6-26-20-13-8-17(14-21(20)27-7-2)15(3)23-22(24)16(4)28-19-11-9-18(25-5)10-12-19/h8-16H,6-7H2,1-5H3,(H,23,24)/t15-,16-/m0/s1. The van der Waals surface area contributed by atoms with Crippen LogP contribution in [0.2, 0.25) is 0 Å². The molecule has 0 aromatic heterocycles. The Kier molecular flexibility index (Phi) is 8.51. The van der Waals surface area contributed by atoms with Gasteiger partial charge in [-0.3, -0.25) is 4.79 Å². The number of ether oxygens (including phenoxy) is 3. The normalized spacial score (nSPS) is 12.8. The van der Waals surface area contributed by atoms with E-state index >= 15 is 0 Å². The third-order valence-corrected chi connectivity index (χ3v) is 5.28. The van der Waals surface area contributed by atoms with Gasteiger partial charge in [-0.05, 0) is 69.7 Å². The zero-order valence-corrected chi connectivity index (χ0v) is 18.0. The molecule has 0 heterocycles. The fraction of sp³-hybridized carbons (Fsp3) is 0.409. The van der Waals surface area contributed by atoms with Crippen LogP contribution in [0.25, 0.3) is 0 Å². The van der Waals surface area contributed by atoms with Crippen molar-refractivity contribution in [2.24, 2.45) is 0 Å². The SMILES string of the molecule is CCOc1ccc([C@H](C)NC(=O)[C@H](C)Sc2ccc(OC)cc2)cc1OCC. The van der Waals surface area contributed by atoms with Crippen molar-refractivity contribution in [2.45, 2.75) is 43.9 Å². The second-order valence-corrected chi connectivity index (χ2v) is 7.65. The molecule has 5 nitrogen and oxygen atoms in total. The maximum atomic E-state index is 12.6. The number of amides is 1. The van der Waals surface area contributed by atoms with Crippen LogP contribution in [0.4, 0.5) is 0 Å². The molecule has 0 aliphatic heterocycles. The first-order chi connectivity index (χ1) is 13.5. The molecule has 2 aromatic rings. The highest BCUT2D eigenvalue weighted by Crippen LogP contribution is 2.31. The maximum absolute atomic E-state index is 12.6. The molecule has 0 unspecified atom stereocenters. The molecule has 0 saturated heterocycles. The van der Waals surface area contributed by atoms with E-state index in [0.29, 0.717) is 19.0 Å². The van der Waals surface area contributed by atoms with Gasteiger partial charge >= 0.3 is 0 Å². The Bertz CT molecular complexity index is 764. The minimum absolute atomic E-state index is 0.0137. The van der Waals surface area contributed by atoms with Crippen molar-refractivity contribution in [1.29, 1.82) is 0 Å². The average Bonchev–Trinajstić information content (AvgIpc) is 2.70. The third kappa shape index (κ3) is 6.09. The molecule has 1 amide bonds. The van der Waals surface area contributed by atoms with E-state index in [9.17, 15) is 4.79 Å². The van der Waals surface area contributed by atoms with Crippen molar-refractivity contribution < 1.29 is 19.0 Å². The smallest absolute Gasteiger partial charge is 0.233 e. The monoisotopic (exact) mass is 403 g/mol. The average molecular weight is 404 g/mol. The highest BCUT2D eigenvalue weighted by atomic mass is 32.2.